The fourth-order valence-corrected chi connectivity index (χ4v) is 6.21. The van der Waals surface area contributed by atoms with Gasteiger partial charge in [-0.3, -0.25) is 9.13 Å². The van der Waals surface area contributed by atoms with E-state index < -0.39 is 15.8 Å². The highest BCUT2D eigenvalue weighted by atomic mass is 32.2. The number of nitrogens with zero attached hydrogens (tertiary/aromatic N) is 5. The van der Waals surface area contributed by atoms with Crippen LogP contribution >= 0.6 is 0 Å². The van der Waals surface area contributed by atoms with E-state index in [4.69, 9.17) is 14.7 Å². The van der Waals surface area contributed by atoms with Crippen LogP contribution in [0.5, 0.6) is 0 Å². The summed E-state index contributed by atoms with van der Waals surface area (Å²) in [5, 5.41) is 0. The number of halogens is 1. The molecule has 202 valence electrons. The summed E-state index contributed by atoms with van der Waals surface area (Å²) >= 11 is 0. The number of imidazole rings is 2. The minimum atomic E-state index is -3.79. The zero-order chi connectivity index (χ0) is 27.3. The van der Waals surface area contributed by atoms with E-state index in [1.165, 1.54) is 30.6 Å². The number of H-pyrrole nitrogens is 1. The summed E-state index contributed by atoms with van der Waals surface area (Å²) in [5.41, 5.74) is 2.18. The Morgan fingerprint density at radius 1 is 1.13 bits per heavy atom. The van der Waals surface area contributed by atoms with Crippen LogP contribution in [-0.2, 0) is 14.8 Å². The number of aromatic nitrogens is 6. The Bertz CT molecular complexity index is 1870. The summed E-state index contributed by atoms with van der Waals surface area (Å²) in [6.45, 7) is 4.51. The third-order valence-electron chi connectivity index (χ3n) is 6.65. The molecule has 0 spiro atoms. The number of hydrogen-bond acceptors (Lipinski definition) is 7. The van der Waals surface area contributed by atoms with Crippen LogP contribution in [0, 0.1) is 5.82 Å². The molecule has 6 rings (SSSR count). The summed E-state index contributed by atoms with van der Waals surface area (Å²) in [6.07, 6.45) is 2.76. The standard InChI is InChI=1S/C26H26FN7O4S/c1-15(2)32-39(36,37)19-5-3-4-16(12-19)22-23-24(34(26(35)30-23)18-8-10-38-11-9-18)31-25(29-22)33-14-28-20-7-6-17(27)13-21(20)33/h3-7,12-15,18,32H,8-11H2,1-2H3,(H,30,35). The second-order valence-corrected chi connectivity index (χ2v) is 11.5. The van der Waals surface area contributed by atoms with Crippen LogP contribution in [0.2, 0.25) is 0 Å². The first kappa shape index (κ1) is 25.3. The average molecular weight is 552 g/mol. The van der Waals surface area contributed by atoms with Crippen LogP contribution in [0.15, 0.2) is 58.5 Å². The van der Waals surface area contributed by atoms with Crippen LogP contribution in [0.3, 0.4) is 0 Å². The van der Waals surface area contributed by atoms with E-state index in [9.17, 15) is 17.6 Å². The van der Waals surface area contributed by atoms with E-state index in [0.717, 1.165) is 0 Å². The van der Waals surface area contributed by atoms with Crippen molar-refractivity contribution < 1.29 is 17.5 Å². The van der Waals surface area contributed by atoms with Gasteiger partial charge in [0, 0.05) is 36.9 Å². The lowest BCUT2D eigenvalue weighted by atomic mass is 10.1. The number of aromatic amines is 1. The first-order chi connectivity index (χ1) is 18.7. The molecule has 0 radical (unpaired) electrons. The number of nitrogens with one attached hydrogen (secondary N) is 2. The van der Waals surface area contributed by atoms with Crippen molar-refractivity contribution in [1.29, 1.82) is 0 Å². The fourth-order valence-electron chi connectivity index (χ4n) is 4.92. The van der Waals surface area contributed by atoms with Gasteiger partial charge < -0.3 is 9.72 Å². The van der Waals surface area contributed by atoms with Gasteiger partial charge in [-0.1, -0.05) is 12.1 Å². The topological polar surface area (TPSA) is 137 Å². The molecule has 1 aliphatic heterocycles. The monoisotopic (exact) mass is 551 g/mol. The molecule has 39 heavy (non-hydrogen) atoms. The molecule has 0 aliphatic carbocycles. The van der Waals surface area contributed by atoms with Crippen LogP contribution in [0.25, 0.3) is 39.4 Å². The summed E-state index contributed by atoms with van der Waals surface area (Å²) in [6, 6.07) is 10.1. The van der Waals surface area contributed by atoms with Crippen molar-refractivity contribution in [2.75, 3.05) is 13.2 Å². The Balaban J connectivity index is 1.61. The number of hydrogen-bond donors (Lipinski definition) is 2. The number of fused-ring (bicyclic) bond motifs is 2. The van der Waals surface area contributed by atoms with E-state index >= 15 is 0 Å². The molecule has 11 nitrogen and oxygen atoms in total. The lowest BCUT2D eigenvalue weighted by Crippen LogP contribution is -2.30. The summed E-state index contributed by atoms with van der Waals surface area (Å²) in [7, 11) is -3.79. The molecule has 13 heteroatoms. The normalized spacial score (nSPS) is 15.1. The van der Waals surface area contributed by atoms with Crippen LogP contribution in [0.4, 0.5) is 4.39 Å². The summed E-state index contributed by atoms with van der Waals surface area (Å²) in [5.74, 6) is -0.277. The van der Waals surface area contributed by atoms with Crippen LogP contribution in [-0.4, -0.2) is 56.7 Å². The third-order valence-corrected chi connectivity index (χ3v) is 8.30. The van der Waals surface area contributed by atoms with Crippen molar-refractivity contribution in [1.82, 2.24) is 33.8 Å². The van der Waals surface area contributed by atoms with Gasteiger partial charge in [-0.15, -0.1) is 0 Å². The Morgan fingerprint density at radius 3 is 2.69 bits per heavy atom. The van der Waals surface area contributed by atoms with E-state index in [-0.39, 0.29) is 28.6 Å². The molecule has 0 saturated carbocycles. The predicted molar refractivity (Wildman–Crippen MR) is 143 cm³/mol. The zero-order valence-corrected chi connectivity index (χ0v) is 22.1. The van der Waals surface area contributed by atoms with Gasteiger partial charge in [0.1, 0.15) is 23.4 Å². The minimum absolute atomic E-state index is 0.0587. The molecule has 2 aromatic carbocycles. The van der Waals surface area contributed by atoms with Crippen molar-refractivity contribution in [3.63, 3.8) is 0 Å². The number of sulfonamides is 1. The first-order valence-electron chi connectivity index (χ1n) is 12.6. The molecule has 1 fully saturated rings. The number of rotatable bonds is 6. The SMILES string of the molecule is CC(C)NS(=O)(=O)c1cccc(-c2nc(-n3cnc4ccc(F)cc43)nc3c2[nH]c(=O)n3C2CCOCC2)c1. The highest BCUT2D eigenvalue weighted by Crippen LogP contribution is 2.31. The lowest BCUT2D eigenvalue weighted by Gasteiger charge is -2.23. The Hall–Kier alpha value is -3.94. The largest absolute Gasteiger partial charge is 0.381 e. The van der Waals surface area contributed by atoms with Crippen molar-refractivity contribution in [3.8, 4) is 17.2 Å². The molecular weight excluding hydrogens is 525 g/mol. The maximum absolute atomic E-state index is 14.2. The van der Waals surface area contributed by atoms with Gasteiger partial charge in [0.15, 0.2) is 5.65 Å². The van der Waals surface area contributed by atoms with Crippen molar-refractivity contribution in [2.45, 2.75) is 43.7 Å². The molecule has 0 amide bonds. The van der Waals surface area contributed by atoms with Crippen LogP contribution < -0.4 is 10.4 Å². The van der Waals surface area contributed by atoms with E-state index in [1.54, 1.807) is 41.2 Å². The molecule has 3 aromatic heterocycles. The maximum atomic E-state index is 14.2. The quantitative estimate of drug-likeness (QED) is 0.330. The smallest absolute Gasteiger partial charge is 0.327 e. The molecule has 0 bridgehead atoms. The van der Waals surface area contributed by atoms with Gasteiger partial charge in [0.05, 0.1) is 15.9 Å². The highest BCUT2D eigenvalue weighted by molar-refractivity contribution is 7.89. The Kier molecular flexibility index (Phi) is 6.28. The fraction of sp³-hybridized carbons (Fsp3) is 0.308. The minimum Gasteiger partial charge on any atom is -0.381 e. The molecule has 0 atom stereocenters. The van der Waals surface area contributed by atoms with Crippen LogP contribution in [0.1, 0.15) is 32.7 Å². The number of benzene rings is 2. The summed E-state index contributed by atoms with van der Waals surface area (Å²) in [4.78, 5) is 30.0. The van der Waals surface area contributed by atoms with Gasteiger partial charge in [0.25, 0.3) is 0 Å². The van der Waals surface area contributed by atoms with E-state index in [1.807, 2.05) is 0 Å². The van der Waals surface area contributed by atoms with Crippen molar-refractivity contribution in [3.05, 3.63) is 65.1 Å². The summed E-state index contributed by atoms with van der Waals surface area (Å²) < 4.78 is 51.2. The second-order valence-electron chi connectivity index (χ2n) is 9.77. The lowest BCUT2D eigenvalue weighted by molar-refractivity contribution is 0.0697. The maximum Gasteiger partial charge on any atom is 0.327 e. The second kappa shape index (κ2) is 9.67. The molecular formula is C26H26FN7O4S. The van der Waals surface area contributed by atoms with E-state index in [0.29, 0.717) is 59.5 Å². The van der Waals surface area contributed by atoms with Gasteiger partial charge >= 0.3 is 5.69 Å². The van der Waals surface area contributed by atoms with Crippen molar-refractivity contribution >= 4 is 32.2 Å². The van der Waals surface area contributed by atoms with Gasteiger partial charge in [0.2, 0.25) is 16.0 Å². The van der Waals surface area contributed by atoms with Gasteiger partial charge in [-0.2, -0.15) is 4.98 Å². The van der Waals surface area contributed by atoms with Gasteiger partial charge in [-0.25, -0.2) is 32.3 Å². The Morgan fingerprint density at radius 2 is 1.92 bits per heavy atom. The first-order valence-corrected chi connectivity index (χ1v) is 14.1. The molecule has 1 saturated heterocycles. The number of ether oxygens (including phenoxy) is 1. The predicted octanol–water partition coefficient (Wildman–Crippen LogP) is 3.30. The molecule has 0 unspecified atom stereocenters. The molecule has 4 heterocycles. The third kappa shape index (κ3) is 4.62. The van der Waals surface area contributed by atoms with Gasteiger partial charge in [-0.05, 0) is 51.0 Å². The highest BCUT2D eigenvalue weighted by Gasteiger charge is 2.25. The van der Waals surface area contributed by atoms with Crippen molar-refractivity contribution in [2.24, 2.45) is 0 Å². The molecule has 2 N–H and O–H groups in total. The Labute approximate surface area is 222 Å². The zero-order valence-electron chi connectivity index (χ0n) is 21.3. The molecule has 1 aliphatic rings. The average Bonchev–Trinajstić information content (AvgIpc) is 3.47. The molecule has 5 aromatic rings. The van der Waals surface area contributed by atoms with E-state index in [2.05, 4.69) is 14.7 Å².